The molecule has 4 N–H and O–H groups in total. The van der Waals surface area contributed by atoms with E-state index in [1.807, 2.05) is 0 Å². The Bertz CT molecular complexity index is 1040. The minimum atomic E-state index is -2.65. The van der Waals surface area contributed by atoms with Crippen LogP contribution in [0.15, 0.2) is 52.5 Å². The number of hydrogen-bond donors (Lipinski definition) is 3. The van der Waals surface area contributed by atoms with E-state index in [-0.39, 0.29) is 53.7 Å². The minimum absolute atomic E-state index is 0. The van der Waals surface area contributed by atoms with Gasteiger partial charge in [0.2, 0.25) is 0 Å². The van der Waals surface area contributed by atoms with Gasteiger partial charge >= 0.3 is 35.5 Å². The number of halogens is 1. The number of anilines is 3. The molecule has 30 heavy (non-hydrogen) atoms. The van der Waals surface area contributed by atoms with E-state index < -0.39 is 23.1 Å². The Morgan fingerprint density at radius 3 is 2.63 bits per heavy atom. The summed E-state index contributed by atoms with van der Waals surface area (Å²) < 4.78 is 30.8. The molecule has 1 unspecified atom stereocenters. The molecule has 3 rings (SSSR count). The van der Waals surface area contributed by atoms with Crippen molar-refractivity contribution in [1.29, 1.82) is 0 Å². The number of amides is 1. The van der Waals surface area contributed by atoms with Crippen LogP contribution in [-0.4, -0.2) is 20.6 Å². The van der Waals surface area contributed by atoms with E-state index in [1.165, 1.54) is 12.1 Å². The van der Waals surface area contributed by atoms with E-state index in [2.05, 4.69) is 26.0 Å². The molecule has 1 atom stereocenters. The van der Waals surface area contributed by atoms with Gasteiger partial charge in [0.1, 0.15) is 11.3 Å². The predicted octanol–water partition coefficient (Wildman–Crippen LogP) is 0.630. The van der Waals surface area contributed by atoms with Gasteiger partial charge in [0, 0.05) is 27.0 Å². The van der Waals surface area contributed by atoms with Gasteiger partial charge in [-0.3, -0.25) is 9.00 Å². The molecule has 8 nitrogen and oxygen atoms in total. The molecule has 0 fully saturated rings. The third-order valence-corrected chi connectivity index (χ3v) is 5.09. The Hall–Kier alpha value is -1.69. The Balaban J connectivity index is 0.00000240. The van der Waals surface area contributed by atoms with Crippen LogP contribution in [-0.2, 0) is 16.1 Å². The smallest absolute Gasteiger partial charge is 1.00 e. The first-order chi connectivity index (χ1) is 13.8. The van der Waals surface area contributed by atoms with Gasteiger partial charge < -0.3 is 26.5 Å². The van der Waals surface area contributed by atoms with Gasteiger partial charge in [-0.2, -0.15) is 0 Å². The summed E-state index contributed by atoms with van der Waals surface area (Å²) in [7, 11) is 0. The number of primary amides is 1. The van der Waals surface area contributed by atoms with Gasteiger partial charge in [0.25, 0.3) is 5.91 Å². The van der Waals surface area contributed by atoms with Crippen LogP contribution in [0.1, 0.15) is 31.0 Å². The molecule has 0 heterocycles. The summed E-state index contributed by atoms with van der Waals surface area (Å²) in [6.07, 6.45) is 4.05. The number of rotatable bonds is 7. The van der Waals surface area contributed by atoms with Crippen molar-refractivity contribution in [3.63, 3.8) is 0 Å². The Morgan fingerprint density at radius 1 is 1.27 bits per heavy atom. The molecule has 0 saturated heterocycles. The molecule has 1 aliphatic carbocycles. The molecular formula is C19H18BrN3NaO5S-. The Labute approximate surface area is 208 Å². The zero-order valence-electron chi connectivity index (χ0n) is 17.1. The first-order valence-electron chi connectivity index (χ1n) is 8.61. The monoisotopic (exact) mass is 502 g/mol. The molecule has 1 amide bonds. The summed E-state index contributed by atoms with van der Waals surface area (Å²) in [4.78, 5) is 24.6. The average Bonchev–Trinajstić information content (AvgIpc) is 3.18. The van der Waals surface area contributed by atoms with Gasteiger partial charge in [0.15, 0.2) is 0 Å². The van der Waals surface area contributed by atoms with Crippen LogP contribution in [0, 0.1) is 0 Å². The number of carbonyl (C=O) groups is 2. The number of allylic oxidation sites excluding steroid dienone is 1. The summed E-state index contributed by atoms with van der Waals surface area (Å²) in [5.74, 6) is -1.51. The van der Waals surface area contributed by atoms with Crippen molar-refractivity contribution in [1.82, 2.24) is 0 Å². The molecule has 0 spiro atoms. The fraction of sp³-hybridized carbons (Fsp3) is 0.158. The first kappa shape index (κ1) is 24.6. The molecular weight excluding hydrogens is 485 g/mol. The second-order valence-electron chi connectivity index (χ2n) is 6.21. The van der Waals surface area contributed by atoms with Crippen LogP contribution in [0.4, 0.5) is 17.1 Å². The molecule has 1 aliphatic rings. The number of ether oxygens (including phenoxy) is 1. The van der Waals surface area contributed by atoms with Crippen molar-refractivity contribution in [2.75, 3.05) is 10.0 Å². The number of benzene rings is 2. The maximum Gasteiger partial charge on any atom is 1.00 e. The normalized spacial score (nSPS) is 13.6. The second kappa shape index (κ2) is 11.1. The van der Waals surface area contributed by atoms with Gasteiger partial charge in [0.05, 0.1) is 11.4 Å². The predicted molar refractivity (Wildman–Crippen MR) is 114 cm³/mol. The van der Waals surface area contributed by atoms with Crippen LogP contribution < -0.4 is 50.1 Å². The number of nitrogens with one attached hydrogen (secondary N) is 2. The second-order valence-corrected chi connectivity index (χ2v) is 7.80. The fourth-order valence-corrected chi connectivity index (χ4v) is 3.70. The molecule has 0 bridgehead atoms. The molecule has 0 radical (unpaired) electrons. The van der Waals surface area contributed by atoms with Crippen LogP contribution in [0.3, 0.4) is 0 Å². The Morgan fingerprint density at radius 2 is 2.03 bits per heavy atom. The van der Waals surface area contributed by atoms with Gasteiger partial charge in [-0.15, -0.1) is 0 Å². The minimum Gasteiger partial charge on any atom is -1.00 e. The number of carbonyl (C=O) groups excluding carboxylic acids is 2. The number of esters is 1. The standard InChI is InChI=1S/C19H18BrN3O5S.Na.H/c20-12-6-3-7-13(10-12)22-17-14(23-29(26)27)8-9-15(16(17)18(21)24)28-19(25)11-4-1-2-5-11;;/h3-4,6-10,22-23H,1-2,5H2,(H2,21,24)(H,26,27);;/q;+1;-1/p-1. The fourth-order valence-electron chi connectivity index (χ4n) is 2.95. The van der Waals surface area contributed by atoms with Crippen molar-refractivity contribution in [3.8, 4) is 5.75 Å². The largest absolute Gasteiger partial charge is 1.00 e. The van der Waals surface area contributed by atoms with E-state index in [0.717, 1.165) is 17.3 Å². The quantitative estimate of drug-likeness (QED) is 0.220. The van der Waals surface area contributed by atoms with Gasteiger partial charge in [-0.25, -0.2) is 4.79 Å². The SMILES string of the molecule is NC(=O)c1c(OC(=O)C2=CCCC2)ccc(NS(=O)[O-])c1Nc1cccc(Br)c1.[H-].[Na+]. The van der Waals surface area contributed by atoms with Crippen LogP contribution >= 0.6 is 15.9 Å². The summed E-state index contributed by atoms with van der Waals surface area (Å²) in [5.41, 5.74) is 6.65. The molecule has 0 saturated carbocycles. The maximum atomic E-state index is 12.4. The topological polar surface area (TPSA) is 134 Å². The van der Waals surface area contributed by atoms with E-state index in [0.29, 0.717) is 17.7 Å². The molecule has 0 aliphatic heterocycles. The third-order valence-electron chi connectivity index (χ3n) is 4.21. The maximum absolute atomic E-state index is 12.4. The van der Waals surface area contributed by atoms with Crippen LogP contribution in [0.25, 0.3) is 0 Å². The van der Waals surface area contributed by atoms with Crippen molar-refractivity contribution < 1.29 is 54.1 Å². The van der Waals surface area contributed by atoms with Crippen molar-refractivity contribution >= 4 is 56.1 Å². The van der Waals surface area contributed by atoms with Crippen molar-refractivity contribution in [3.05, 3.63) is 58.1 Å². The molecule has 154 valence electrons. The van der Waals surface area contributed by atoms with E-state index in [4.69, 9.17) is 10.5 Å². The summed E-state index contributed by atoms with van der Waals surface area (Å²) >= 11 is 0.697. The van der Waals surface area contributed by atoms with Crippen LogP contribution in [0.2, 0.25) is 0 Å². The number of nitrogens with two attached hydrogens (primary N) is 1. The van der Waals surface area contributed by atoms with Crippen molar-refractivity contribution in [2.24, 2.45) is 5.73 Å². The third kappa shape index (κ3) is 6.16. The summed E-state index contributed by atoms with van der Waals surface area (Å²) in [6, 6.07) is 9.72. The summed E-state index contributed by atoms with van der Waals surface area (Å²) in [6.45, 7) is 0. The molecule has 2 aromatic carbocycles. The molecule has 2 aromatic rings. The number of hydrogen-bond acceptors (Lipinski definition) is 6. The van der Waals surface area contributed by atoms with E-state index in [9.17, 15) is 18.4 Å². The average molecular weight is 503 g/mol. The van der Waals surface area contributed by atoms with E-state index in [1.54, 1.807) is 30.3 Å². The zero-order valence-corrected chi connectivity index (χ0v) is 20.5. The van der Waals surface area contributed by atoms with E-state index >= 15 is 0 Å². The summed E-state index contributed by atoms with van der Waals surface area (Å²) in [5, 5.41) is 2.98. The van der Waals surface area contributed by atoms with Crippen molar-refractivity contribution in [2.45, 2.75) is 19.3 Å². The molecule has 11 heteroatoms. The van der Waals surface area contributed by atoms with Crippen LogP contribution in [0.5, 0.6) is 5.75 Å². The zero-order chi connectivity index (χ0) is 21.0. The van der Waals surface area contributed by atoms with Gasteiger partial charge in [-0.05, 0) is 49.6 Å². The Kier molecular flexibility index (Phi) is 9.08. The van der Waals surface area contributed by atoms with Gasteiger partial charge in [-0.1, -0.05) is 28.1 Å². The molecule has 0 aromatic heterocycles. The first-order valence-corrected chi connectivity index (χ1v) is 10.5.